The molecule has 104 valence electrons. The van der Waals surface area contributed by atoms with Crippen LogP contribution in [0.5, 0.6) is 0 Å². The van der Waals surface area contributed by atoms with E-state index in [4.69, 9.17) is 5.11 Å². The van der Waals surface area contributed by atoms with Crippen LogP contribution in [0.25, 0.3) is 0 Å². The van der Waals surface area contributed by atoms with Crippen molar-refractivity contribution in [1.29, 1.82) is 0 Å². The van der Waals surface area contributed by atoms with Gasteiger partial charge in [0.15, 0.2) is 0 Å². The fourth-order valence-corrected chi connectivity index (χ4v) is 4.08. The SMILES string of the molecule is COC(=O)c1ccc([I-]c2ccccc2C(=O)O)cc1. The van der Waals surface area contributed by atoms with Crippen molar-refractivity contribution >= 4 is 11.9 Å². The predicted molar refractivity (Wildman–Crippen MR) is 68.6 cm³/mol. The zero-order valence-electron chi connectivity index (χ0n) is 10.7. The van der Waals surface area contributed by atoms with Crippen LogP contribution in [0.4, 0.5) is 0 Å². The van der Waals surface area contributed by atoms with Crippen molar-refractivity contribution in [1.82, 2.24) is 0 Å². The van der Waals surface area contributed by atoms with Crippen LogP contribution >= 0.6 is 0 Å². The molecule has 0 spiro atoms. The third kappa shape index (κ3) is 3.36. The van der Waals surface area contributed by atoms with Gasteiger partial charge in [0.25, 0.3) is 0 Å². The van der Waals surface area contributed by atoms with Crippen molar-refractivity contribution in [2.75, 3.05) is 7.11 Å². The van der Waals surface area contributed by atoms with E-state index in [0.29, 0.717) is 11.1 Å². The Balaban J connectivity index is 2.23. The van der Waals surface area contributed by atoms with Crippen LogP contribution in [0.1, 0.15) is 20.7 Å². The topological polar surface area (TPSA) is 63.6 Å². The van der Waals surface area contributed by atoms with Gasteiger partial charge in [-0.2, -0.15) is 0 Å². The maximum absolute atomic E-state index is 11.3. The van der Waals surface area contributed by atoms with E-state index in [1.54, 1.807) is 24.3 Å². The number of carboxylic acids is 1. The number of carbonyl (C=O) groups excluding carboxylic acids is 1. The van der Waals surface area contributed by atoms with Crippen LogP contribution in [0.3, 0.4) is 0 Å². The first-order valence-electron chi connectivity index (χ1n) is 5.77. The van der Waals surface area contributed by atoms with Crippen molar-refractivity contribution in [2.24, 2.45) is 0 Å². The fourth-order valence-electron chi connectivity index (χ4n) is 1.60. The second-order valence-corrected chi connectivity index (χ2v) is 6.83. The number of esters is 1. The summed E-state index contributed by atoms with van der Waals surface area (Å²) in [7, 11) is 1.34. The molecule has 2 aromatic rings. The third-order valence-electron chi connectivity index (χ3n) is 2.58. The van der Waals surface area contributed by atoms with Gasteiger partial charge in [-0.05, 0) is 0 Å². The molecule has 0 aliphatic heterocycles. The Kier molecular flexibility index (Phi) is 4.73. The second-order valence-electron chi connectivity index (χ2n) is 3.88. The van der Waals surface area contributed by atoms with E-state index in [2.05, 4.69) is 4.74 Å². The van der Waals surface area contributed by atoms with Gasteiger partial charge in [0.05, 0.1) is 0 Å². The molecule has 1 N–H and O–H groups in total. The first kappa shape index (κ1) is 14.5. The summed E-state index contributed by atoms with van der Waals surface area (Å²) in [6.07, 6.45) is 0. The van der Waals surface area contributed by atoms with Crippen molar-refractivity contribution < 1.29 is 40.6 Å². The summed E-state index contributed by atoms with van der Waals surface area (Å²) in [6, 6.07) is 14.1. The molecule has 0 bridgehead atoms. The molecule has 0 amide bonds. The molecular weight excluding hydrogens is 371 g/mol. The van der Waals surface area contributed by atoms with E-state index < -0.39 is 27.2 Å². The first-order valence-corrected chi connectivity index (χ1v) is 7.93. The van der Waals surface area contributed by atoms with Crippen molar-refractivity contribution in [2.45, 2.75) is 0 Å². The van der Waals surface area contributed by atoms with Gasteiger partial charge in [0.1, 0.15) is 0 Å². The molecule has 0 radical (unpaired) electrons. The average Bonchev–Trinajstić information content (AvgIpc) is 2.47. The van der Waals surface area contributed by atoms with Crippen LogP contribution in [0.15, 0.2) is 48.5 Å². The standard InChI is InChI=1S/C15H12IO4/c1-20-15(19)10-6-8-11(9-7-10)16-13-5-3-2-4-12(13)14(17)18/h2-9H,1H3,(H,17,18)/q-1. The van der Waals surface area contributed by atoms with E-state index in [1.807, 2.05) is 24.3 Å². The van der Waals surface area contributed by atoms with Crippen LogP contribution in [-0.2, 0) is 4.74 Å². The number of halogens is 1. The van der Waals surface area contributed by atoms with Crippen molar-refractivity contribution in [3.63, 3.8) is 0 Å². The van der Waals surface area contributed by atoms with Gasteiger partial charge < -0.3 is 0 Å². The molecule has 0 fully saturated rings. The number of hydrogen-bond donors (Lipinski definition) is 1. The molecule has 4 nitrogen and oxygen atoms in total. The van der Waals surface area contributed by atoms with E-state index in [9.17, 15) is 9.59 Å². The van der Waals surface area contributed by atoms with E-state index >= 15 is 0 Å². The predicted octanol–water partition coefficient (Wildman–Crippen LogP) is -0.700. The Morgan fingerprint density at radius 1 is 1.05 bits per heavy atom. The summed E-state index contributed by atoms with van der Waals surface area (Å²) in [5.74, 6) is -1.29. The molecule has 2 aromatic carbocycles. The number of aromatic carboxylic acids is 1. The monoisotopic (exact) mass is 383 g/mol. The van der Waals surface area contributed by atoms with Gasteiger partial charge in [-0.1, -0.05) is 0 Å². The minimum absolute atomic E-state index is 0.345. The van der Waals surface area contributed by atoms with Gasteiger partial charge in [0.2, 0.25) is 0 Å². The molecule has 0 atom stereocenters. The zero-order chi connectivity index (χ0) is 14.5. The van der Waals surface area contributed by atoms with E-state index in [0.717, 1.165) is 7.14 Å². The summed E-state index contributed by atoms with van der Waals surface area (Å²) in [6.45, 7) is 0. The number of ether oxygens (including phenoxy) is 1. The molecule has 0 aliphatic carbocycles. The van der Waals surface area contributed by atoms with E-state index in [-0.39, 0.29) is 5.97 Å². The van der Waals surface area contributed by atoms with Crippen LogP contribution in [0.2, 0.25) is 0 Å². The maximum atomic E-state index is 11.3. The molecule has 0 heterocycles. The van der Waals surface area contributed by atoms with Crippen LogP contribution in [-0.4, -0.2) is 24.2 Å². The fraction of sp³-hybridized carbons (Fsp3) is 0.0667. The molecule has 2 rings (SSSR count). The average molecular weight is 383 g/mol. The number of methoxy groups -OCH3 is 1. The number of benzene rings is 2. The van der Waals surface area contributed by atoms with Gasteiger partial charge >= 0.3 is 126 Å². The quantitative estimate of drug-likeness (QED) is 0.561. The van der Waals surface area contributed by atoms with Crippen molar-refractivity contribution in [3.8, 4) is 0 Å². The van der Waals surface area contributed by atoms with Crippen LogP contribution < -0.4 is 21.2 Å². The molecule has 0 aliphatic rings. The Hall–Kier alpha value is -1.89. The number of rotatable bonds is 4. The molecule has 20 heavy (non-hydrogen) atoms. The molecule has 5 heteroatoms. The van der Waals surface area contributed by atoms with Gasteiger partial charge in [-0.15, -0.1) is 0 Å². The molecular formula is C15H12IO4-. The minimum atomic E-state index is -0.911. The van der Waals surface area contributed by atoms with Crippen molar-refractivity contribution in [3.05, 3.63) is 66.8 Å². The number of hydrogen-bond acceptors (Lipinski definition) is 3. The summed E-state index contributed by atoms with van der Waals surface area (Å²) >= 11 is -0.597. The van der Waals surface area contributed by atoms with Gasteiger partial charge in [-0.25, -0.2) is 0 Å². The summed E-state index contributed by atoms with van der Waals surface area (Å²) < 4.78 is 6.54. The number of carbonyl (C=O) groups is 2. The normalized spacial score (nSPS) is 10.2. The van der Waals surface area contributed by atoms with E-state index in [1.165, 1.54) is 7.11 Å². The van der Waals surface area contributed by atoms with Gasteiger partial charge in [0, 0.05) is 0 Å². The molecule has 0 aromatic heterocycles. The van der Waals surface area contributed by atoms with Crippen LogP contribution in [0, 0.1) is 7.14 Å². The molecule has 0 saturated carbocycles. The Labute approximate surface area is 126 Å². The van der Waals surface area contributed by atoms with Gasteiger partial charge in [-0.3, -0.25) is 0 Å². The zero-order valence-corrected chi connectivity index (χ0v) is 12.8. The number of carboxylic acid groups (broad SMARTS) is 1. The Bertz CT molecular complexity index is 635. The molecule has 0 saturated heterocycles. The summed E-state index contributed by atoms with van der Waals surface area (Å²) in [5, 5.41) is 9.15. The summed E-state index contributed by atoms with van der Waals surface area (Å²) in [5.41, 5.74) is 0.837. The summed E-state index contributed by atoms with van der Waals surface area (Å²) in [4.78, 5) is 22.5. The molecule has 0 unspecified atom stereocenters. The Morgan fingerprint density at radius 2 is 1.70 bits per heavy atom. The second kappa shape index (κ2) is 6.51. The first-order chi connectivity index (χ1) is 9.61. The Morgan fingerprint density at radius 3 is 2.30 bits per heavy atom. The third-order valence-corrected chi connectivity index (χ3v) is 5.44.